The zero-order chi connectivity index (χ0) is 19.2. The number of nitrogens with one attached hydrogen (secondary N) is 1. The van der Waals surface area contributed by atoms with Gasteiger partial charge in [-0.3, -0.25) is 9.59 Å². The Morgan fingerprint density at radius 3 is 2.89 bits per heavy atom. The molecule has 27 heavy (non-hydrogen) atoms. The van der Waals surface area contributed by atoms with E-state index >= 15 is 0 Å². The van der Waals surface area contributed by atoms with Crippen LogP contribution in [0, 0.1) is 5.82 Å². The minimum absolute atomic E-state index is 0.219. The molecule has 3 aromatic rings. The van der Waals surface area contributed by atoms with Crippen LogP contribution in [-0.4, -0.2) is 28.3 Å². The lowest BCUT2D eigenvalue weighted by molar-refractivity contribution is -0.127. The van der Waals surface area contributed by atoms with Gasteiger partial charge in [0, 0.05) is 18.7 Å². The van der Waals surface area contributed by atoms with Gasteiger partial charge in [-0.05, 0) is 36.6 Å². The van der Waals surface area contributed by atoms with Crippen LogP contribution in [0.3, 0.4) is 0 Å². The van der Waals surface area contributed by atoms with E-state index in [0.29, 0.717) is 5.69 Å². The first-order valence-corrected chi connectivity index (χ1v) is 9.23. The Hall–Kier alpha value is -3.00. The van der Waals surface area contributed by atoms with Gasteiger partial charge in [0.25, 0.3) is 11.5 Å². The first-order chi connectivity index (χ1) is 13.0. The van der Waals surface area contributed by atoms with E-state index in [1.54, 1.807) is 19.1 Å². The van der Waals surface area contributed by atoms with Gasteiger partial charge < -0.3 is 10.1 Å². The number of rotatable bonds is 7. The molecule has 0 aliphatic heterocycles. The summed E-state index contributed by atoms with van der Waals surface area (Å²) in [6, 6.07) is 12.6. The molecule has 1 amide bonds. The van der Waals surface area contributed by atoms with Crippen LogP contribution in [-0.2, 0) is 11.3 Å². The number of hydrogen-bond donors (Lipinski definition) is 1. The van der Waals surface area contributed by atoms with E-state index in [-0.39, 0.29) is 30.3 Å². The number of nitrogens with zero attached hydrogens (tertiary/aromatic N) is 2. The van der Waals surface area contributed by atoms with Gasteiger partial charge in [0.2, 0.25) is 0 Å². The maximum absolute atomic E-state index is 13.2. The van der Waals surface area contributed by atoms with E-state index < -0.39 is 11.9 Å². The summed E-state index contributed by atoms with van der Waals surface area (Å²) in [6.07, 6.45) is -0.797. The molecule has 8 heteroatoms. The first kappa shape index (κ1) is 18.8. The molecular weight excluding hydrogens is 369 g/mol. The summed E-state index contributed by atoms with van der Waals surface area (Å²) < 4.78 is 19.9. The third kappa shape index (κ3) is 5.01. The second-order valence-electron chi connectivity index (χ2n) is 5.77. The van der Waals surface area contributed by atoms with E-state index in [0.717, 1.165) is 4.88 Å². The summed E-state index contributed by atoms with van der Waals surface area (Å²) in [5.74, 6) is -0.517. The average Bonchev–Trinajstić information content (AvgIpc) is 3.18. The minimum Gasteiger partial charge on any atom is -0.481 e. The Balaban J connectivity index is 1.55. The van der Waals surface area contributed by atoms with Crippen molar-refractivity contribution < 1.29 is 13.9 Å². The van der Waals surface area contributed by atoms with E-state index in [2.05, 4.69) is 10.4 Å². The monoisotopic (exact) mass is 387 g/mol. The molecule has 0 saturated heterocycles. The van der Waals surface area contributed by atoms with Crippen molar-refractivity contribution in [2.45, 2.75) is 19.6 Å². The van der Waals surface area contributed by atoms with Gasteiger partial charge in [-0.2, -0.15) is 5.10 Å². The van der Waals surface area contributed by atoms with E-state index in [4.69, 9.17) is 4.74 Å². The van der Waals surface area contributed by atoms with Crippen molar-refractivity contribution in [2.75, 3.05) is 6.54 Å². The predicted molar refractivity (Wildman–Crippen MR) is 101 cm³/mol. The van der Waals surface area contributed by atoms with E-state index in [1.165, 1.54) is 40.3 Å². The Labute approximate surface area is 159 Å². The topological polar surface area (TPSA) is 73.2 Å². The van der Waals surface area contributed by atoms with Gasteiger partial charge in [0.15, 0.2) is 6.10 Å². The summed E-state index contributed by atoms with van der Waals surface area (Å²) >= 11 is 1.53. The molecule has 1 N–H and O–H groups in total. The van der Waals surface area contributed by atoms with Gasteiger partial charge in [0.05, 0.1) is 11.4 Å². The molecule has 2 heterocycles. The van der Waals surface area contributed by atoms with Crippen LogP contribution in [0.2, 0.25) is 0 Å². The molecule has 2 aromatic heterocycles. The predicted octanol–water partition coefficient (Wildman–Crippen LogP) is 2.69. The van der Waals surface area contributed by atoms with Gasteiger partial charge >= 0.3 is 0 Å². The Morgan fingerprint density at radius 2 is 2.15 bits per heavy atom. The highest BCUT2D eigenvalue weighted by Gasteiger charge is 2.14. The SMILES string of the molecule is C[C@@H](Oc1cccc(F)c1)C(=O)NCCn1nc(-c2cccs2)ccc1=O. The average molecular weight is 387 g/mol. The van der Waals surface area contributed by atoms with Gasteiger partial charge in [0.1, 0.15) is 17.3 Å². The first-order valence-electron chi connectivity index (χ1n) is 8.35. The smallest absolute Gasteiger partial charge is 0.266 e. The molecular formula is C19H18FN3O3S. The molecule has 1 atom stereocenters. The Kier molecular flexibility index (Phi) is 5.97. The lowest BCUT2D eigenvalue weighted by atomic mass is 10.3. The maximum atomic E-state index is 13.2. The summed E-state index contributed by atoms with van der Waals surface area (Å²) in [7, 11) is 0. The fraction of sp³-hybridized carbons (Fsp3) is 0.211. The zero-order valence-corrected chi connectivity index (χ0v) is 15.4. The van der Waals surface area contributed by atoms with Crippen molar-refractivity contribution in [3.63, 3.8) is 0 Å². The third-order valence-electron chi connectivity index (χ3n) is 3.74. The van der Waals surface area contributed by atoms with Crippen LogP contribution in [0.4, 0.5) is 4.39 Å². The standard InChI is InChI=1S/C19H18FN3O3S/c1-13(26-15-5-2-4-14(20)12-15)19(25)21-9-10-23-18(24)8-7-16(22-23)17-6-3-11-27-17/h2-8,11-13H,9-10H2,1H3,(H,21,25)/t13-/m1/s1. The number of carbonyl (C=O) groups is 1. The molecule has 140 valence electrons. The minimum atomic E-state index is -0.797. The van der Waals surface area contributed by atoms with Crippen molar-refractivity contribution >= 4 is 17.2 Å². The number of aromatic nitrogens is 2. The molecule has 0 unspecified atom stereocenters. The molecule has 0 aliphatic rings. The summed E-state index contributed by atoms with van der Waals surface area (Å²) in [5, 5.41) is 8.95. The highest BCUT2D eigenvalue weighted by Crippen LogP contribution is 2.21. The van der Waals surface area contributed by atoms with Crippen LogP contribution in [0.25, 0.3) is 10.6 Å². The van der Waals surface area contributed by atoms with Crippen molar-refractivity contribution in [1.82, 2.24) is 15.1 Å². The molecule has 1 aromatic carbocycles. The maximum Gasteiger partial charge on any atom is 0.266 e. The summed E-state index contributed by atoms with van der Waals surface area (Å²) in [6.45, 7) is 2.02. The molecule has 0 saturated carbocycles. The zero-order valence-electron chi connectivity index (χ0n) is 14.6. The normalized spacial score (nSPS) is 11.8. The molecule has 3 rings (SSSR count). The van der Waals surface area contributed by atoms with Crippen LogP contribution in [0.5, 0.6) is 5.75 Å². The van der Waals surface area contributed by atoms with Crippen molar-refractivity contribution in [3.8, 4) is 16.3 Å². The molecule has 0 spiro atoms. The third-order valence-corrected chi connectivity index (χ3v) is 4.63. The molecule has 0 aliphatic carbocycles. The van der Waals surface area contributed by atoms with Crippen LogP contribution < -0.4 is 15.6 Å². The molecule has 6 nitrogen and oxygen atoms in total. The quantitative estimate of drug-likeness (QED) is 0.677. The highest BCUT2D eigenvalue weighted by atomic mass is 32.1. The largest absolute Gasteiger partial charge is 0.481 e. The van der Waals surface area contributed by atoms with Crippen LogP contribution in [0.15, 0.2) is 58.7 Å². The lowest BCUT2D eigenvalue weighted by Gasteiger charge is -2.15. The fourth-order valence-electron chi connectivity index (χ4n) is 2.39. The Morgan fingerprint density at radius 1 is 1.30 bits per heavy atom. The van der Waals surface area contributed by atoms with Crippen LogP contribution >= 0.6 is 11.3 Å². The number of thiophene rings is 1. The van der Waals surface area contributed by atoms with Crippen molar-refractivity contribution in [3.05, 3.63) is 70.1 Å². The Bertz CT molecular complexity index is 972. The van der Waals surface area contributed by atoms with Gasteiger partial charge in [-0.15, -0.1) is 11.3 Å². The number of halogens is 1. The van der Waals surface area contributed by atoms with Crippen LogP contribution in [0.1, 0.15) is 6.92 Å². The number of carbonyl (C=O) groups excluding carboxylic acids is 1. The number of amides is 1. The number of benzene rings is 1. The van der Waals surface area contributed by atoms with Gasteiger partial charge in [-0.25, -0.2) is 9.07 Å². The molecule has 0 fully saturated rings. The second-order valence-corrected chi connectivity index (χ2v) is 6.71. The molecule has 0 bridgehead atoms. The summed E-state index contributed by atoms with van der Waals surface area (Å²) in [5.41, 5.74) is 0.465. The van der Waals surface area contributed by atoms with E-state index in [9.17, 15) is 14.0 Å². The second kappa shape index (κ2) is 8.59. The number of hydrogen-bond acceptors (Lipinski definition) is 5. The van der Waals surface area contributed by atoms with Crippen molar-refractivity contribution in [2.24, 2.45) is 0 Å². The molecule has 0 radical (unpaired) electrons. The highest BCUT2D eigenvalue weighted by molar-refractivity contribution is 7.13. The van der Waals surface area contributed by atoms with Crippen molar-refractivity contribution in [1.29, 1.82) is 0 Å². The lowest BCUT2D eigenvalue weighted by Crippen LogP contribution is -2.39. The van der Waals surface area contributed by atoms with E-state index in [1.807, 2.05) is 17.5 Å². The fourth-order valence-corrected chi connectivity index (χ4v) is 3.08. The summed E-state index contributed by atoms with van der Waals surface area (Å²) in [4.78, 5) is 25.0. The van der Waals surface area contributed by atoms with Gasteiger partial charge in [-0.1, -0.05) is 12.1 Å². The number of ether oxygens (including phenoxy) is 1.